The van der Waals surface area contributed by atoms with E-state index >= 15 is 0 Å². The first-order valence-corrected chi connectivity index (χ1v) is 7.32. The van der Waals surface area contributed by atoms with Crippen LogP contribution in [0.15, 0.2) is 54.9 Å². The zero-order valence-corrected chi connectivity index (χ0v) is 13.0. The number of esters is 1. The Hall–Kier alpha value is -2.73. The molecule has 1 heterocycles. The highest BCUT2D eigenvalue weighted by molar-refractivity contribution is 6.31. The van der Waals surface area contributed by atoms with E-state index in [-0.39, 0.29) is 0 Å². The first kappa shape index (κ1) is 15.2. The van der Waals surface area contributed by atoms with Crippen molar-refractivity contribution in [3.05, 3.63) is 71.0 Å². The summed E-state index contributed by atoms with van der Waals surface area (Å²) in [7, 11) is 0. The predicted molar refractivity (Wildman–Crippen MR) is 84.4 cm³/mol. The molecular weight excluding hydrogens is 316 g/mol. The summed E-state index contributed by atoms with van der Waals surface area (Å²) in [5.41, 5.74) is 1.97. The molecule has 3 rings (SSSR count). The van der Waals surface area contributed by atoms with E-state index in [0.29, 0.717) is 10.6 Å². The lowest BCUT2D eigenvalue weighted by Crippen LogP contribution is -2.09. The zero-order valence-electron chi connectivity index (χ0n) is 12.3. The maximum absolute atomic E-state index is 12.2. The van der Waals surface area contributed by atoms with Gasteiger partial charge in [-0.1, -0.05) is 29.8 Å². The summed E-state index contributed by atoms with van der Waals surface area (Å²) < 4.78 is 6.96. The van der Waals surface area contributed by atoms with Crippen LogP contribution >= 0.6 is 11.6 Å². The van der Waals surface area contributed by atoms with Crippen LogP contribution in [0.5, 0.6) is 0 Å². The van der Waals surface area contributed by atoms with Crippen LogP contribution in [0.4, 0.5) is 0 Å². The Balaban J connectivity index is 1.72. The van der Waals surface area contributed by atoms with Gasteiger partial charge in [-0.25, -0.2) is 9.48 Å². The van der Waals surface area contributed by atoms with E-state index in [1.807, 2.05) is 18.2 Å². The second kappa shape index (κ2) is 6.58. The first-order chi connectivity index (χ1) is 11.1. The van der Waals surface area contributed by atoms with Crippen LogP contribution in [0.25, 0.3) is 5.69 Å². The fourth-order valence-electron chi connectivity index (χ4n) is 2.13. The van der Waals surface area contributed by atoms with Crippen molar-refractivity contribution in [2.45, 2.75) is 13.0 Å². The van der Waals surface area contributed by atoms with Crippen LogP contribution in [-0.4, -0.2) is 26.2 Å². The molecule has 2 aromatic carbocycles. The smallest absolute Gasteiger partial charge is 0.338 e. The summed E-state index contributed by atoms with van der Waals surface area (Å²) in [6.07, 6.45) is 1.04. The molecule has 0 aliphatic carbocycles. The Morgan fingerprint density at radius 3 is 2.57 bits per heavy atom. The monoisotopic (exact) mass is 328 g/mol. The topological polar surface area (TPSA) is 69.9 Å². The molecule has 116 valence electrons. The molecule has 0 saturated heterocycles. The highest BCUT2D eigenvalue weighted by Crippen LogP contribution is 2.25. The third-order valence-electron chi connectivity index (χ3n) is 3.34. The summed E-state index contributed by atoms with van der Waals surface area (Å²) in [5.74, 6) is -0.416. The van der Waals surface area contributed by atoms with Crippen LogP contribution in [0.3, 0.4) is 0 Å². The van der Waals surface area contributed by atoms with Crippen LogP contribution in [0.2, 0.25) is 5.02 Å². The minimum Gasteiger partial charge on any atom is -0.454 e. The SMILES string of the molecule is CC(OC(=O)c1ccc(-n2cnnn2)cc1)c1ccccc1Cl. The van der Waals surface area contributed by atoms with Crippen molar-refractivity contribution in [1.82, 2.24) is 20.2 Å². The van der Waals surface area contributed by atoms with Gasteiger partial charge in [-0.3, -0.25) is 0 Å². The number of ether oxygens (including phenoxy) is 1. The van der Waals surface area contributed by atoms with Crippen LogP contribution in [0, 0.1) is 0 Å². The third kappa shape index (κ3) is 3.37. The van der Waals surface area contributed by atoms with Gasteiger partial charge in [-0.15, -0.1) is 5.10 Å². The van der Waals surface area contributed by atoms with Crippen molar-refractivity contribution >= 4 is 17.6 Å². The van der Waals surface area contributed by atoms with Crippen LogP contribution < -0.4 is 0 Å². The van der Waals surface area contributed by atoms with Crippen molar-refractivity contribution in [3.63, 3.8) is 0 Å². The largest absolute Gasteiger partial charge is 0.454 e. The Labute approximate surface area is 137 Å². The van der Waals surface area contributed by atoms with Gasteiger partial charge in [0.15, 0.2) is 0 Å². The Morgan fingerprint density at radius 1 is 1.17 bits per heavy atom. The molecule has 0 fully saturated rings. The fraction of sp³-hybridized carbons (Fsp3) is 0.125. The lowest BCUT2D eigenvalue weighted by atomic mass is 10.1. The van der Waals surface area contributed by atoms with Crippen molar-refractivity contribution in [2.24, 2.45) is 0 Å². The highest BCUT2D eigenvalue weighted by atomic mass is 35.5. The van der Waals surface area contributed by atoms with E-state index in [4.69, 9.17) is 16.3 Å². The molecular formula is C16H13ClN4O2. The number of hydrogen-bond acceptors (Lipinski definition) is 5. The molecule has 1 unspecified atom stereocenters. The minimum absolute atomic E-state index is 0.416. The van der Waals surface area contributed by atoms with E-state index in [2.05, 4.69) is 15.5 Å². The molecule has 0 saturated carbocycles. The van der Waals surface area contributed by atoms with Gasteiger partial charge in [0.25, 0.3) is 0 Å². The highest BCUT2D eigenvalue weighted by Gasteiger charge is 2.16. The van der Waals surface area contributed by atoms with E-state index < -0.39 is 12.1 Å². The molecule has 1 aromatic heterocycles. The summed E-state index contributed by atoms with van der Waals surface area (Å²) in [5, 5.41) is 11.5. The standard InChI is InChI=1S/C16H13ClN4O2/c1-11(14-4-2-3-5-15(14)17)23-16(22)12-6-8-13(9-7-12)21-10-18-19-20-21/h2-11H,1H3. The number of aromatic nitrogens is 4. The minimum atomic E-state index is -0.435. The average molecular weight is 329 g/mol. The number of carbonyl (C=O) groups is 1. The normalized spacial score (nSPS) is 11.9. The van der Waals surface area contributed by atoms with Gasteiger partial charge in [0, 0.05) is 10.6 Å². The van der Waals surface area contributed by atoms with Gasteiger partial charge in [-0.05, 0) is 47.7 Å². The second-order valence-electron chi connectivity index (χ2n) is 4.87. The maximum atomic E-state index is 12.2. The summed E-state index contributed by atoms with van der Waals surface area (Å²) in [6, 6.07) is 14.1. The Morgan fingerprint density at radius 2 is 1.91 bits per heavy atom. The van der Waals surface area contributed by atoms with Gasteiger partial charge < -0.3 is 4.74 Å². The van der Waals surface area contributed by atoms with Gasteiger partial charge in [0.1, 0.15) is 12.4 Å². The van der Waals surface area contributed by atoms with Crippen molar-refractivity contribution < 1.29 is 9.53 Å². The Bertz CT molecular complexity index is 803. The molecule has 0 N–H and O–H groups in total. The van der Waals surface area contributed by atoms with Gasteiger partial charge in [0.05, 0.1) is 11.3 Å². The van der Waals surface area contributed by atoms with Gasteiger partial charge in [0.2, 0.25) is 0 Å². The number of halogens is 1. The number of carbonyl (C=O) groups excluding carboxylic acids is 1. The molecule has 0 amide bonds. The van der Waals surface area contributed by atoms with Crippen molar-refractivity contribution in [2.75, 3.05) is 0 Å². The molecule has 0 bridgehead atoms. The summed E-state index contributed by atoms with van der Waals surface area (Å²) in [4.78, 5) is 12.2. The third-order valence-corrected chi connectivity index (χ3v) is 3.69. The summed E-state index contributed by atoms with van der Waals surface area (Å²) in [6.45, 7) is 1.79. The molecule has 3 aromatic rings. The number of benzene rings is 2. The second-order valence-corrected chi connectivity index (χ2v) is 5.28. The van der Waals surface area contributed by atoms with E-state index in [1.165, 1.54) is 11.0 Å². The van der Waals surface area contributed by atoms with E-state index in [9.17, 15) is 4.79 Å². The average Bonchev–Trinajstić information content (AvgIpc) is 3.09. The number of hydrogen-bond donors (Lipinski definition) is 0. The number of nitrogens with zero attached hydrogens (tertiary/aromatic N) is 4. The van der Waals surface area contributed by atoms with Crippen molar-refractivity contribution in [3.8, 4) is 5.69 Å². The molecule has 0 spiro atoms. The van der Waals surface area contributed by atoms with Gasteiger partial charge in [-0.2, -0.15) is 0 Å². The molecule has 0 aliphatic rings. The van der Waals surface area contributed by atoms with E-state index in [0.717, 1.165) is 11.3 Å². The lowest BCUT2D eigenvalue weighted by molar-refractivity contribution is 0.0338. The Kier molecular flexibility index (Phi) is 4.34. The number of rotatable bonds is 4. The maximum Gasteiger partial charge on any atom is 0.338 e. The van der Waals surface area contributed by atoms with Crippen molar-refractivity contribution in [1.29, 1.82) is 0 Å². The molecule has 23 heavy (non-hydrogen) atoms. The zero-order chi connectivity index (χ0) is 16.2. The number of tetrazole rings is 1. The molecule has 6 nitrogen and oxygen atoms in total. The first-order valence-electron chi connectivity index (χ1n) is 6.94. The molecule has 1 atom stereocenters. The van der Waals surface area contributed by atoms with Crippen LogP contribution in [-0.2, 0) is 4.74 Å². The molecule has 7 heteroatoms. The summed E-state index contributed by atoms with van der Waals surface area (Å²) >= 11 is 6.11. The lowest BCUT2D eigenvalue weighted by Gasteiger charge is -2.15. The molecule has 0 radical (unpaired) electrons. The quantitative estimate of drug-likeness (QED) is 0.688. The van der Waals surface area contributed by atoms with E-state index in [1.54, 1.807) is 37.3 Å². The van der Waals surface area contributed by atoms with Gasteiger partial charge >= 0.3 is 5.97 Å². The molecule has 0 aliphatic heterocycles. The predicted octanol–water partition coefficient (Wildman–Crippen LogP) is 3.23. The van der Waals surface area contributed by atoms with Crippen LogP contribution in [0.1, 0.15) is 28.9 Å². The fourth-order valence-corrected chi connectivity index (χ4v) is 2.42.